The number of benzene rings is 2. The van der Waals surface area contributed by atoms with Gasteiger partial charge in [0, 0.05) is 23.3 Å². The van der Waals surface area contributed by atoms with Crippen molar-refractivity contribution in [2.45, 2.75) is 26.4 Å². The zero-order valence-electron chi connectivity index (χ0n) is 12.9. The molecule has 0 fully saturated rings. The molecule has 0 aliphatic carbocycles. The highest BCUT2D eigenvalue weighted by molar-refractivity contribution is 6.30. The molecule has 0 bridgehead atoms. The molecule has 0 aromatic heterocycles. The first-order valence-corrected chi connectivity index (χ1v) is 7.77. The molecule has 0 unspecified atom stereocenters. The maximum atomic E-state index is 12.5. The van der Waals surface area contributed by atoms with Gasteiger partial charge in [-0.3, -0.25) is 4.79 Å². The molecule has 116 valence electrons. The number of amides is 1. The van der Waals surface area contributed by atoms with Crippen LogP contribution in [0.5, 0.6) is 0 Å². The van der Waals surface area contributed by atoms with Gasteiger partial charge in [-0.1, -0.05) is 41.9 Å². The summed E-state index contributed by atoms with van der Waals surface area (Å²) >= 11 is 5.85. The van der Waals surface area contributed by atoms with E-state index < -0.39 is 0 Å². The van der Waals surface area contributed by atoms with Gasteiger partial charge in [-0.25, -0.2) is 0 Å². The quantitative estimate of drug-likeness (QED) is 0.866. The number of carbonyl (C=O) groups is 1. The minimum absolute atomic E-state index is 0.0776. The van der Waals surface area contributed by atoms with Gasteiger partial charge >= 0.3 is 0 Å². The summed E-state index contributed by atoms with van der Waals surface area (Å²) in [4.78, 5) is 14.3. The number of nitrogens with one attached hydrogen (secondary N) is 1. The predicted octanol–water partition coefficient (Wildman–Crippen LogP) is 4.19. The van der Waals surface area contributed by atoms with Crippen LogP contribution in [0.3, 0.4) is 0 Å². The molecule has 2 rings (SSSR count). The van der Waals surface area contributed by atoms with Gasteiger partial charge in [-0.15, -0.1) is 0 Å². The highest BCUT2D eigenvalue weighted by Gasteiger charge is 2.16. The molecule has 2 aromatic rings. The summed E-state index contributed by atoms with van der Waals surface area (Å²) < 4.78 is 0. The van der Waals surface area contributed by atoms with Crippen LogP contribution in [-0.2, 0) is 11.3 Å². The van der Waals surface area contributed by atoms with Crippen LogP contribution in [0.1, 0.15) is 19.4 Å². The Labute approximate surface area is 136 Å². The second kappa shape index (κ2) is 7.85. The number of hydrogen-bond acceptors (Lipinski definition) is 2. The lowest BCUT2D eigenvalue weighted by Crippen LogP contribution is -2.39. The van der Waals surface area contributed by atoms with Gasteiger partial charge < -0.3 is 10.2 Å². The Hall–Kier alpha value is -2.00. The Morgan fingerprint density at radius 1 is 1.09 bits per heavy atom. The van der Waals surface area contributed by atoms with Gasteiger partial charge in [0.1, 0.15) is 0 Å². The summed E-state index contributed by atoms with van der Waals surface area (Å²) in [5.41, 5.74) is 2.03. The van der Waals surface area contributed by atoms with E-state index in [1.165, 1.54) is 0 Å². The number of nitrogens with zero attached hydrogens (tertiary/aromatic N) is 1. The van der Waals surface area contributed by atoms with E-state index >= 15 is 0 Å². The molecule has 0 aliphatic heterocycles. The van der Waals surface area contributed by atoms with E-state index in [9.17, 15) is 4.79 Å². The number of anilines is 1. The number of carbonyl (C=O) groups excluding carboxylic acids is 1. The van der Waals surface area contributed by atoms with Crippen molar-refractivity contribution in [1.29, 1.82) is 0 Å². The average molecular weight is 317 g/mol. The van der Waals surface area contributed by atoms with E-state index in [0.717, 1.165) is 11.3 Å². The molecule has 0 aliphatic rings. The van der Waals surface area contributed by atoms with Gasteiger partial charge in [-0.2, -0.15) is 0 Å². The zero-order valence-corrected chi connectivity index (χ0v) is 13.7. The largest absolute Gasteiger partial charge is 0.376 e. The lowest BCUT2D eigenvalue weighted by Gasteiger charge is -2.27. The standard InChI is InChI=1S/C18H21ClN2O/c1-14(2)21(13-15-6-4-3-5-7-15)18(22)12-20-17-10-8-16(19)9-11-17/h3-11,14,20H,12-13H2,1-2H3. The van der Waals surface area contributed by atoms with Crippen LogP contribution in [0.4, 0.5) is 5.69 Å². The maximum absolute atomic E-state index is 12.5. The van der Waals surface area contributed by atoms with Crippen LogP contribution in [0.2, 0.25) is 5.02 Å². The van der Waals surface area contributed by atoms with Crippen LogP contribution in [-0.4, -0.2) is 23.4 Å². The minimum atomic E-state index is 0.0776. The number of hydrogen-bond donors (Lipinski definition) is 1. The molecule has 4 heteroatoms. The van der Waals surface area contributed by atoms with E-state index in [1.807, 2.05) is 61.2 Å². The van der Waals surface area contributed by atoms with E-state index in [0.29, 0.717) is 11.6 Å². The van der Waals surface area contributed by atoms with Crippen molar-refractivity contribution in [2.75, 3.05) is 11.9 Å². The van der Waals surface area contributed by atoms with E-state index in [4.69, 9.17) is 11.6 Å². The topological polar surface area (TPSA) is 32.3 Å². The molecular formula is C18H21ClN2O. The normalized spacial score (nSPS) is 10.5. The van der Waals surface area contributed by atoms with Crippen molar-refractivity contribution in [3.8, 4) is 0 Å². The third kappa shape index (κ3) is 4.78. The van der Waals surface area contributed by atoms with Crippen molar-refractivity contribution >= 4 is 23.2 Å². The first kappa shape index (κ1) is 16.4. The molecule has 2 aromatic carbocycles. The molecule has 1 amide bonds. The van der Waals surface area contributed by atoms with Crippen LogP contribution in [0.25, 0.3) is 0 Å². The Balaban J connectivity index is 1.96. The zero-order chi connectivity index (χ0) is 15.9. The second-order valence-corrected chi connectivity index (χ2v) is 5.90. The van der Waals surface area contributed by atoms with Crippen LogP contribution < -0.4 is 5.32 Å². The molecule has 22 heavy (non-hydrogen) atoms. The second-order valence-electron chi connectivity index (χ2n) is 5.46. The Morgan fingerprint density at radius 3 is 2.32 bits per heavy atom. The van der Waals surface area contributed by atoms with Crippen molar-refractivity contribution in [3.63, 3.8) is 0 Å². The Morgan fingerprint density at radius 2 is 1.73 bits per heavy atom. The average Bonchev–Trinajstić information content (AvgIpc) is 2.52. The first-order valence-electron chi connectivity index (χ1n) is 7.39. The van der Waals surface area contributed by atoms with Gasteiger partial charge in [0.15, 0.2) is 0 Å². The molecular weight excluding hydrogens is 296 g/mol. The summed E-state index contributed by atoms with van der Waals surface area (Å²) in [7, 11) is 0. The molecule has 0 spiro atoms. The van der Waals surface area contributed by atoms with Crippen molar-refractivity contribution in [1.82, 2.24) is 4.90 Å². The fourth-order valence-electron chi connectivity index (χ4n) is 2.19. The summed E-state index contributed by atoms with van der Waals surface area (Å²) in [6, 6.07) is 17.5. The summed E-state index contributed by atoms with van der Waals surface area (Å²) in [6.07, 6.45) is 0. The highest BCUT2D eigenvalue weighted by Crippen LogP contribution is 2.14. The number of rotatable bonds is 6. The number of halogens is 1. The van der Waals surface area contributed by atoms with Crippen molar-refractivity contribution < 1.29 is 4.79 Å². The molecule has 0 saturated carbocycles. The monoisotopic (exact) mass is 316 g/mol. The van der Waals surface area contributed by atoms with Crippen molar-refractivity contribution in [2.24, 2.45) is 0 Å². The lowest BCUT2D eigenvalue weighted by atomic mass is 10.2. The summed E-state index contributed by atoms with van der Waals surface area (Å²) in [5.74, 6) is 0.0776. The molecule has 0 heterocycles. The van der Waals surface area contributed by atoms with Gasteiger partial charge in [-0.05, 0) is 43.7 Å². The predicted molar refractivity (Wildman–Crippen MR) is 92.1 cm³/mol. The molecule has 0 saturated heterocycles. The van der Waals surface area contributed by atoms with E-state index in [1.54, 1.807) is 12.1 Å². The van der Waals surface area contributed by atoms with Gasteiger partial charge in [0.05, 0.1) is 6.54 Å². The first-order chi connectivity index (χ1) is 10.6. The minimum Gasteiger partial charge on any atom is -0.376 e. The summed E-state index contributed by atoms with van der Waals surface area (Å²) in [6.45, 7) is 4.96. The van der Waals surface area contributed by atoms with Crippen LogP contribution in [0, 0.1) is 0 Å². The molecule has 0 radical (unpaired) electrons. The van der Waals surface area contributed by atoms with Gasteiger partial charge in [0.2, 0.25) is 5.91 Å². The fraction of sp³-hybridized carbons (Fsp3) is 0.278. The van der Waals surface area contributed by atoms with Crippen molar-refractivity contribution in [3.05, 3.63) is 65.2 Å². The van der Waals surface area contributed by atoms with Crippen LogP contribution in [0.15, 0.2) is 54.6 Å². The highest BCUT2D eigenvalue weighted by atomic mass is 35.5. The van der Waals surface area contributed by atoms with E-state index in [2.05, 4.69) is 5.32 Å². The summed E-state index contributed by atoms with van der Waals surface area (Å²) in [5, 5.41) is 3.83. The molecule has 3 nitrogen and oxygen atoms in total. The maximum Gasteiger partial charge on any atom is 0.242 e. The van der Waals surface area contributed by atoms with Crippen LogP contribution >= 0.6 is 11.6 Å². The Kier molecular flexibility index (Phi) is 5.84. The fourth-order valence-corrected chi connectivity index (χ4v) is 2.31. The SMILES string of the molecule is CC(C)N(Cc1ccccc1)C(=O)CNc1ccc(Cl)cc1. The smallest absolute Gasteiger partial charge is 0.242 e. The molecule has 0 atom stereocenters. The third-order valence-corrected chi connectivity index (χ3v) is 3.68. The lowest BCUT2D eigenvalue weighted by molar-refractivity contribution is -0.131. The van der Waals surface area contributed by atoms with E-state index in [-0.39, 0.29) is 18.5 Å². The Bertz CT molecular complexity index is 596. The molecule has 1 N–H and O–H groups in total. The van der Waals surface area contributed by atoms with Gasteiger partial charge in [0.25, 0.3) is 0 Å². The third-order valence-electron chi connectivity index (χ3n) is 3.43.